The number of carbonyl (C=O) groups excluding carboxylic acids is 1. The van der Waals surface area contributed by atoms with Crippen LogP contribution in [0.15, 0.2) is 30.5 Å². The van der Waals surface area contributed by atoms with Crippen molar-refractivity contribution in [3.63, 3.8) is 0 Å². The van der Waals surface area contributed by atoms with Gasteiger partial charge in [0.25, 0.3) is 0 Å². The number of anilines is 2. The molecule has 1 amide bonds. The predicted octanol–water partition coefficient (Wildman–Crippen LogP) is 3.94. The van der Waals surface area contributed by atoms with Gasteiger partial charge < -0.3 is 20.1 Å². The summed E-state index contributed by atoms with van der Waals surface area (Å²) in [6.45, 7) is 0.373. The molecule has 1 aliphatic heterocycles. The molecule has 12 heteroatoms. The van der Waals surface area contributed by atoms with Gasteiger partial charge in [0, 0.05) is 6.42 Å². The average Bonchev–Trinajstić information content (AvgIpc) is 3.07. The first-order valence-electron chi connectivity index (χ1n) is 8.67. The summed E-state index contributed by atoms with van der Waals surface area (Å²) in [6, 6.07) is 3.58. The van der Waals surface area contributed by atoms with Crippen LogP contribution in [0.4, 0.5) is 33.7 Å². The highest BCUT2D eigenvalue weighted by atomic mass is 35.5. The molecular formula is C18H17ClF4N4O3. The molecule has 0 radical (unpaired) electrons. The lowest BCUT2D eigenvalue weighted by Gasteiger charge is -2.22. The van der Waals surface area contributed by atoms with Crippen molar-refractivity contribution in [1.82, 2.24) is 10.3 Å². The fourth-order valence-electron chi connectivity index (χ4n) is 2.70. The van der Waals surface area contributed by atoms with Crippen LogP contribution >= 0.6 is 11.6 Å². The number of alkyl halides is 3. The quantitative estimate of drug-likeness (QED) is 0.473. The number of benzene rings is 1. The first-order chi connectivity index (χ1) is 14.1. The number of carbonyl (C=O) groups is 1. The number of ether oxygens (including phenoxy) is 2. The molecule has 2 heterocycles. The Bertz CT molecular complexity index is 936. The number of amides is 1. The van der Waals surface area contributed by atoms with Crippen LogP contribution in [-0.2, 0) is 22.2 Å². The van der Waals surface area contributed by atoms with Crippen molar-refractivity contribution in [2.75, 3.05) is 18.5 Å². The lowest BCUT2D eigenvalue weighted by atomic mass is 10.1. The van der Waals surface area contributed by atoms with Gasteiger partial charge in [0.2, 0.25) is 0 Å². The molecule has 4 N–H and O–H groups in total. The number of aromatic nitrogens is 1. The lowest BCUT2D eigenvalue weighted by molar-refractivity contribution is -0.137. The van der Waals surface area contributed by atoms with Crippen LogP contribution in [0, 0.1) is 5.82 Å². The maximum atomic E-state index is 13.2. The van der Waals surface area contributed by atoms with Crippen LogP contribution < -0.4 is 16.4 Å². The topological polar surface area (TPSA) is 98.5 Å². The highest BCUT2D eigenvalue weighted by Gasteiger charge is 2.35. The van der Waals surface area contributed by atoms with Crippen molar-refractivity contribution in [2.45, 2.75) is 24.9 Å². The van der Waals surface area contributed by atoms with E-state index in [-0.39, 0.29) is 35.2 Å². The van der Waals surface area contributed by atoms with Gasteiger partial charge in [0.15, 0.2) is 5.72 Å². The lowest BCUT2D eigenvalue weighted by Crippen LogP contribution is -2.47. The van der Waals surface area contributed by atoms with Crippen LogP contribution in [0.2, 0.25) is 5.02 Å². The van der Waals surface area contributed by atoms with E-state index in [0.717, 1.165) is 12.1 Å². The Kier molecular flexibility index (Phi) is 6.34. The van der Waals surface area contributed by atoms with Gasteiger partial charge in [-0.25, -0.2) is 9.18 Å². The van der Waals surface area contributed by atoms with Crippen LogP contribution in [0.5, 0.6) is 0 Å². The number of pyridine rings is 1. The maximum Gasteiger partial charge on any atom is 0.418 e. The van der Waals surface area contributed by atoms with Crippen molar-refractivity contribution >= 4 is 29.1 Å². The summed E-state index contributed by atoms with van der Waals surface area (Å²) in [5.41, 5.74) is 3.52. The Hall–Kier alpha value is -2.63. The van der Waals surface area contributed by atoms with E-state index in [2.05, 4.69) is 15.6 Å². The van der Waals surface area contributed by atoms with Gasteiger partial charge in [0.05, 0.1) is 47.0 Å². The van der Waals surface area contributed by atoms with E-state index >= 15 is 0 Å². The third-order valence-corrected chi connectivity index (χ3v) is 4.52. The second-order valence-corrected chi connectivity index (χ2v) is 6.98. The molecule has 1 aromatic heterocycles. The first-order valence-corrected chi connectivity index (χ1v) is 9.05. The van der Waals surface area contributed by atoms with E-state index in [1.165, 1.54) is 12.3 Å². The maximum absolute atomic E-state index is 13.2. The van der Waals surface area contributed by atoms with Crippen LogP contribution in [0.3, 0.4) is 0 Å². The second kappa shape index (κ2) is 8.62. The minimum Gasteiger partial charge on any atom is -0.425 e. The number of hydrogen-bond donors (Lipinski definition) is 3. The molecule has 162 valence electrons. The number of halogens is 5. The van der Waals surface area contributed by atoms with E-state index < -0.39 is 29.4 Å². The number of rotatable bonds is 5. The summed E-state index contributed by atoms with van der Waals surface area (Å²) in [5, 5.41) is 5.04. The summed E-state index contributed by atoms with van der Waals surface area (Å²) < 4.78 is 62.7. The molecular weight excluding hydrogens is 432 g/mol. The molecule has 0 spiro atoms. The van der Waals surface area contributed by atoms with Crippen LogP contribution in [0.25, 0.3) is 0 Å². The normalized spacial score (nSPS) is 18.9. The van der Waals surface area contributed by atoms with Crippen molar-refractivity contribution in [2.24, 2.45) is 5.73 Å². The molecule has 1 fully saturated rings. The number of nitrogens with one attached hydrogen (secondary N) is 2. The van der Waals surface area contributed by atoms with Gasteiger partial charge in [-0.1, -0.05) is 11.6 Å². The number of alkyl carbamates (subject to hydrolysis) is 1. The molecule has 1 aliphatic rings. The minimum absolute atomic E-state index is 0.0858. The van der Waals surface area contributed by atoms with Gasteiger partial charge in [-0.2, -0.15) is 13.2 Å². The van der Waals surface area contributed by atoms with Crippen LogP contribution in [-0.4, -0.2) is 30.0 Å². The molecule has 1 saturated heterocycles. The average molecular weight is 449 g/mol. The molecule has 1 atom stereocenters. The molecule has 3 rings (SSSR count). The Morgan fingerprint density at radius 3 is 2.77 bits per heavy atom. The van der Waals surface area contributed by atoms with Crippen molar-refractivity contribution in [1.29, 1.82) is 0 Å². The number of hydrogen-bond acceptors (Lipinski definition) is 6. The first kappa shape index (κ1) is 22.1. The van der Waals surface area contributed by atoms with E-state index in [0.29, 0.717) is 19.1 Å². The largest absolute Gasteiger partial charge is 0.425 e. The van der Waals surface area contributed by atoms with Gasteiger partial charge in [-0.3, -0.25) is 10.7 Å². The zero-order chi connectivity index (χ0) is 21.9. The fraction of sp³-hybridized carbons (Fsp3) is 0.333. The van der Waals surface area contributed by atoms with E-state index in [1.807, 2.05) is 0 Å². The third-order valence-electron chi connectivity index (χ3n) is 4.20. The van der Waals surface area contributed by atoms with Gasteiger partial charge in [0.1, 0.15) is 12.4 Å². The predicted molar refractivity (Wildman–Crippen MR) is 99.6 cm³/mol. The van der Waals surface area contributed by atoms with Crippen molar-refractivity contribution in [3.05, 3.63) is 52.6 Å². The third kappa shape index (κ3) is 5.49. The Balaban J connectivity index is 1.65. The molecule has 0 saturated carbocycles. The highest BCUT2D eigenvalue weighted by molar-refractivity contribution is 6.31. The second-order valence-electron chi connectivity index (χ2n) is 6.58. The molecule has 0 bridgehead atoms. The molecule has 7 nitrogen and oxygen atoms in total. The minimum atomic E-state index is -4.75. The van der Waals surface area contributed by atoms with E-state index in [1.54, 1.807) is 0 Å². The van der Waals surface area contributed by atoms with Crippen molar-refractivity contribution < 1.29 is 31.8 Å². The summed E-state index contributed by atoms with van der Waals surface area (Å²) >= 11 is 6.11. The monoisotopic (exact) mass is 448 g/mol. The number of nitrogens with two attached hydrogens (primary N) is 1. The molecule has 0 unspecified atom stereocenters. The standard InChI is InChI=1S/C18H17ClF4N4O3/c19-13-6-11(27-14-2-1-10(20)5-12(14)18(21,22)23)7-25-15(13)8-26-16(28)30-17(24)3-4-29-9-17/h1-2,5-7,27H,3-4,8-9,24H2,(H,26,28)/t17-/m0/s1. The SMILES string of the molecule is N[C@]1(OC(=O)NCc2ncc(Nc3ccc(F)cc3C(F)(F)F)cc2Cl)CCOC1. The summed E-state index contributed by atoms with van der Waals surface area (Å²) in [4.78, 5) is 15.9. The summed E-state index contributed by atoms with van der Waals surface area (Å²) in [7, 11) is 0. The Morgan fingerprint density at radius 2 is 2.13 bits per heavy atom. The van der Waals surface area contributed by atoms with Crippen LogP contribution in [0.1, 0.15) is 17.7 Å². The van der Waals surface area contributed by atoms with Gasteiger partial charge in [-0.15, -0.1) is 0 Å². The Labute approximate surface area is 173 Å². The Morgan fingerprint density at radius 1 is 1.37 bits per heavy atom. The molecule has 30 heavy (non-hydrogen) atoms. The highest BCUT2D eigenvalue weighted by Crippen LogP contribution is 2.36. The van der Waals surface area contributed by atoms with E-state index in [9.17, 15) is 22.4 Å². The van der Waals surface area contributed by atoms with Crippen molar-refractivity contribution in [3.8, 4) is 0 Å². The number of nitrogens with zero attached hydrogens (tertiary/aromatic N) is 1. The molecule has 2 aromatic rings. The summed E-state index contributed by atoms with van der Waals surface area (Å²) in [5.74, 6) is -1.01. The molecule has 0 aliphatic carbocycles. The molecule has 1 aromatic carbocycles. The van der Waals surface area contributed by atoms with E-state index in [4.69, 9.17) is 26.8 Å². The smallest absolute Gasteiger partial charge is 0.418 e. The van der Waals surface area contributed by atoms with Gasteiger partial charge in [-0.05, 0) is 24.3 Å². The van der Waals surface area contributed by atoms with Gasteiger partial charge >= 0.3 is 12.3 Å². The zero-order valence-electron chi connectivity index (χ0n) is 15.4. The zero-order valence-corrected chi connectivity index (χ0v) is 16.1. The summed E-state index contributed by atoms with van der Waals surface area (Å²) in [6.07, 6.45) is -3.95. The fourth-order valence-corrected chi connectivity index (χ4v) is 2.93.